The maximum atomic E-state index is 11.3. The number of benzene rings is 1. The van der Waals surface area contributed by atoms with Crippen LogP contribution in [-0.2, 0) is 12.0 Å². The van der Waals surface area contributed by atoms with E-state index in [1.165, 1.54) is 12.3 Å². The lowest BCUT2D eigenvalue weighted by Gasteiger charge is -2.19. The molecule has 3 aromatic rings. The molecule has 8 heteroatoms. The van der Waals surface area contributed by atoms with Crippen molar-refractivity contribution in [2.75, 3.05) is 0 Å². The highest BCUT2D eigenvalue weighted by Gasteiger charge is 2.30. The van der Waals surface area contributed by atoms with Crippen LogP contribution in [0.2, 0.25) is 0 Å². The molecule has 0 bridgehead atoms. The summed E-state index contributed by atoms with van der Waals surface area (Å²) in [5.41, 5.74) is 5.62. The number of hydrogen-bond donors (Lipinski definition) is 2. The Kier molecular flexibility index (Phi) is 4.28. The van der Waals surface area contributed by atoms with E-state index >= 15 is 0 Å². The van der Waals surface area contributed by atoms with Crippen molar-refractivity contribution in [1.82, 2.24) is 20.2 Å². The van der Waals surface area contributed by atoms with Crippen LogP contribution in [0.3, 0.4) is 0 Å². The third kappa shape index (κ3) is 3.69. The highest BCUT2D eigenvalue weighted by molar-refractivity contribution is 5.91. The van der Waals surface area contributed by atoms with Gasteiger partial charge in [0.15, 0.2) is 5.82 Å². The minimum absolute atomic E-state index is 0.142. The zero-order valence-electron chi connectivity index (χ0n) is 13.8. The summed E-state index contributed by atoms with van der Waals surface area (Å²) in [6, 6.07) is 8.78. The standard InChI is InChI=1S/C17H17N5O3/c1-10-21-22-16(25-10)17(2,24)9-11-4-3-5-12(8-11)15-19-7-6-13(20-15)14(18)23/h3-8,24H,9H2,1-2H3,(H2,18,23). The van der Waals surface area contributed by atoms with E-state index in [0.29, 0.717) is 17.3 Å². The zero-order chi connectivity index (χ0) is 18.0. The molecule has 3 rings (SSSR count). The molecule has 1 amide bonds. The van der Waals surface area contributed by atoms with Gasteiger partial charge in [-0.2, -0.15) is 0 Å². The highest BCUT2D eigenvalue weighted by Crippen LogP contribution is 2.26. The molecule has 25 heavy (non-hydrogen) atoms. The average Bonchev–Trinajstić information content (AvgIpc) is 3.02. The monoisotopic (exact) mass is 339 g/mol. The van der Waals surface area contributed by atoms with Crippen molar-refractivity contribution in [2.45, 2.75) is 25.9 Å². The summed E-state index contributed by atoms with van der Waals surface area (Å²) in [5.74, 6) is 0.309. The Bertz CT molecular complexity index is 920. The van der Waals surface area contributed by atoms with Gasteiger partial charge in [-0.1, -0.05) is 18.2 Å². The molecule has 128 valence electrons. The van der Waals surface area contributed by atoms with Crippen LogP contribution in [0.15, 0.2) is 40.9 Å². The Morgan fingerprint density at radius 1 is 1.32 bits per heavy atom. The first kappa shape index (κ1) is 16.7. The second-order valence-electron chi connectivity index (χ2n) is 5.91. The van der Waals surface area contributed by atoms with Gasteiger partial charge in [-0.05, 0) is 24.6 Å². The van der Waals surface area contributed by atoms with Crippen molar-refractivity contribution < 1.29 is 14.3 Å². The lowest BCUT2D eigenvalue weighted by Crippen LogP contribution is -2.24. The van der Waals surface area contributed by atoms with Crippen LogP contribution >= 0.6 is 0 Å². The molecule has 1 aromatic carbocycles. The SMILES string of the molecule is Cc1nnc(C(C)(O)Cc2cccc(-c3nccc(C(N)=O)n3)c2)o1. The average molecular weight is 339 g/mol. The summed E-state index contributed by atoms with van der Waals surface area (Å²) in [7, 11) is 0. The van der Waals surface area contributed by atoms with Gasteiger partial charge in [0.2, 0.25) is 11.8 Å². The number of aliphatic hydroxyl groups is 1. The Morgan fingerprint density at radius 3 is 2.80 bits per heavy atom. The third-order valence-electron chi connectivity index (χ3n) is 3.63. The predicted octanol–water partition coefficient (Wildman–Crippen LogP) is 1.38. The first-order valence-electron chi connectivity index (χ1n) is 7.60. The first-order valence-corrected chi connectivity index (χ1v) is 7.60. The molecule has 0 aliphatic carbocycles. The van der Waals surface area contributed by atoms with Gasteiger partial charge in [0.05, 0.1) is 0 Å². The largest absolute Gasteiger partial charge is 0.422 e. The molecule has 0 saturated carbocycles. The highest BCUT2D eigenvalue weighted by atomic mass is 16.4. The molecular formula is C17H17N5O3. The predicted molar refractivity (Wildman–Crippen MR) is 88.3 cm³/mol. The second kappa shape index (κ2) is 6.40. The molecule has 0 fully saturated rings. The van der Waals surface area contributed by atoms with Crippen LogP contribution in [0, 0.1) is 6.92 Å². The van der Waals surface area contributed by atoms with Crippen LogP contribution in [0.4, 0.5) is 0 Å². The van der Waals surface area contributed by atoms with Crippen LogP contribution in [-0.4, -0.2) is 31.2 Å². The summed E-state index contributed by atoms with van der Waals surface area (Å²) in [5, 5.41) is 18.3. The Balaban J connectivity index is 1.89. The number of nitrogens with zero attached hydrogens (tertiary/aromatic N) is 4. The summed E-state index contributed by atoms with van der Waals surface area (Å²) < 4.78 is 5.33. The van der Waals surface area contributed by atoms with Gasteiger partial charge in [0.1, 0.15) is 11.3 Å². The lowest BCUT2D eigenvalue weighted by molar-refractivity contribution is 0.0280. The Hall–Kier alpha value is -3.13. The Labute approximate surface area is 143 Å². The van der Waals surface area contributed by atoms with Crippen LogP contribution in [0.25, 0.3) is 11.4 Å². The quantitative estimate of drug-likeness (QED) is 0.718. The number of nitrogens with two attached hydrogens (primary N) is 1. The molecule has 8 nitrogen and oxygen atoms in total. The third-order valence-corrected chi connectivity index (χ3v) is 3.63. The van der Waals surface area contributed by atoms with E-state index in [1.54, 1.807) is 13.8 Å². The van der Waals surface area contributed by atoms with Crippen molar-refractivity contribution >= 4 is 5.91 Å². The molecule has 0 saturated heterocycles. The van der Waals surface area contributed by atoms with Gasteiger partial charge < -0.3 is 15.3 Å². The van der Waals surface area contributed by atoms with Gasteiger partial charge >= 0.3 is 0 Å². The van der Waals surface area contributed by atoms with Crippen molar-refractivity contribution in [2.24, 2.45) is 5.73 Å². The molecule has 0 radical (unpaired) electrons. The maximum Gasteiger partial charge on any atom is 0.267 e. The summed E-state index contributed by atoms with van der Waals surface area (Å²) in [6.45, 7) is 3.27. The molecule has 0 spiro atoms. The van der Waals surface area contributed by atoms with Gasteiger partial charge in [-0.3, -0.25) is 4.79 Å². The van der Waals surface area contributed by atoms with Gasteiger partial charge in [-0.25, -0.2) is 9.97 Å². The van der Waals surface area contributed by atoms with E-state index in [9.17, 15) is 9.90 Å². The van der Waals surface area contributed by atoms with E-state index in [0.717, 1.165) is 5.56 Å². The minimum atomic E-state index is -1.31. The Morgan fingerprint density at radius 2 is 2.12 bits per heavy atom. The van der Waals surface area contributed by atoms with Crippen LogP contribution < -0.4 is 5.73 Å². The van der Waals surface area contributed by atoms with Crippen LogP contribution in [0.1, 0.15) is 34.8 Å². The fourth-order valence-corrected chi connectivity index (χ4v) is 2.44. The fourth-order valence-electron chi connectivity index (χ4n) is 2.44. The summed E-state index contributed by atoms with van der Waals surface area (Å²) >= 11 is 0. The second-order valence-corrected chi connectivity index (χ2v) is 5.91. The maximum absolute atomic E-state index is 11.3. The van der Waals surface area contributed by atoms with Crippen molar-refractivity contribution in [3.05, 3.63) is 59.6 Å². The van der Waals surface area contributed by atoms with Gasteiger partial charge in [0.25, 0.3) is 5.91 Å². The first-order chi connectivity index (χ1) is 11.8. The molecule has 1 unspecified atom stereocenters. The number of amides is 1. The lowest BCUT2D eigenvalue weighted by atomic mass is 9.95. The van der Waals surface area contributed by atoms with Crippen molar-refractivity contribution in [3.63, 3.8) is 0 Å². The number of aryl methyl sites for hydroxylation is 1. The molecule has 1 atom stereocenters. The number of rotatable bonds is 5. The van der Waals surface area contributed by atoms with E-state index < -0.39 is 11.5 Å². The molecule has 2 heterocycles. The van der Waals surface area contributed by atoms with E-state index in [-0.39, 0.29) is 18.0 Å². The molecule has 0 aliphatic rings. The molecule has 3 N–H and O–H groups in total. The normalized spacial score (nSPS) is 13.4. The zero-order valence-corrected chi connectivity index (χ0v) is 13.8. The minimum Gasteiger partial charge on any atom is -0.422 e. The number of aromatic nitrogens is 4. The number of primary amides is 1. The smallest absolute Gasteiger partial charge is 0.267 e. The number of hydrogen-bond acceptors (Lipinski definition) is 7. The number of carbonyl (C=O) groups is 1. The molecule has 0 aliphatic heterocycles. The van der Waals surface area contributed by atoms with E-state index in [1.807, 2.05) is 24.3 Å². The molecular weight excluding hydrogens is 322 g/mol. The van der Waals surface area contributed by atoms with Gasteiger partial charge in [0, 0.05) is 25.1 Å². The van der Waals surface area contributed by atoms with Crippen molar-refractivity contribution in [1.29, 1.82) is 0 Å². The van der Waals surface area contributed by atoms with Gasteiger partial charge in [-0.15, -0.1) is 10.2 Å². The number of carbonyl (C=O) groups excluding carboxylic acids is 1. The fraction of sp³-hybridized carbons (Fsp3) is 0.235. The van der Waals surface area contributed by atoms with Crippen LogP contribution in [0.5, 0.6) is 0 Å². The van der Waals surface area contributed by atoms with E-state index in [4.69, 9.17) is 10.2 Å². The topological polar surface area (TPSA) is 128 Å². The molecule has 2 aromatic heterocycles. The summed E-state index contributed by atoms with van der Waals surface area (Å²) in [4.78, 5) is 19.6. The summed E-state index contributed by atoms with van der Waals surface area (Å²) in [6.07, 6.45) is 1.74. The van der Waals surface area contributed by atoms with Crippen molar-refractivity contribution in [3.8, 4) is 11.4 Å². The van der Waals surface area contributed by atoms with E-state index in [2.05, 4.69) is 20.2 Å².